The van der Waals surface area contributed by atoms with Crippen LogP contribution in [0, 0.1) is 5.92 Å². The number of amides is 1. The van der Waals surface area contributed by atoms with Crippen LogP contribution in [0.3, 0.4) is 0 Å². The van der Waals surface area contributed by atoms with Gasteiger partial charge in [0.1, 0.15) is 5.92 Å². The molecule has 142 valence electrons. The molecule has 0 aromatic carbocycles. The van der Waals surface area contributed by atoms with Gasteiger partial charge in [-0.2, -0.15) is 0 Å². The lowest BCUT2D eigenvalue weighted by atomic mass is 10.1. The van der Waals surface area contributed by atoms with E-state index in [0.29, 0.717) is 6.54 Å². The van der Waals surface area contributed by atoms with Gasteiger partial charge in [0.15, 0.2) is 0 Å². The normalized spacial score (nSPS) is 12.8. The minimum absolute atomic E-state index is 0.334. The quantitative estimate of drug-likeness (QED) is 0.201. The summed E-state index contributed by atoms with van der Waals surface area (Å²) >= 11 is 0. The van der Waals surface area contributed by atoms with Crippen LogP contribution in [0.1, 0.15) is 71.1 Å². The van der Waals surface area contributed by atoms with Gasteiger partial charge in [0.25, 0.3) is 0 Å². The number of carboxylic acid groups (broad SMARTS) is 1. The molecule has 24 heavy (non-hydrogen) atoms. The number of unbranched alkanes of at least 4 members (excludes halogenated alkanes) is 9. The summed E-state index contributed by atoms with van der Waals surface area (Å²) in [7, 11) is -4.54. The molecule has 0 aromatic rings. The predicted octanol–water partition coefficient (Wildman–Crippen LogP) is 2.90. The van der Waals surface area contributed by atoms with Crippen LogP contribution >= 0.6 is 7.60 Å². The number of aliphatic carboxylic acids is 1. The summed E-state index contributed by atoms with van der Waals surface area (Å²) in [5.41, 5.74) is 0. The third-order valence-corrected chi connectivity index (χ3v) is 4.71. The molecule has 0 heterocycles. The van der Waals surface area contributed by atoms with Crippen LogP contribution in [0.5, 0.6) is 0 Å². The molecule has 1 atom stereocenters. The lowest BCUT2D eigenvalue weighted by Crippen LogP contribution is -2.37. The molecule has 0 radical (unpaired) electrons. The molecule has 4 N–H and O–H groups in total. The van der Waals surface area contributed by atoms with E-state index in [9.17, 15) is 14.2 Å². The van der Waals surface area contributed by atoms with Crippen LogP contribution in [-0.4, -0.2) is 39.5 Å². The van der Waals surface area contributed by atoms with E-state index < -0.39 is 31.6 Å². The van der Waals surface area contributed by atoms with E-state index in [1.807, 2.05) is 0 Å². The fraction of sp³-hybridized carbons (Fsp3) is 0.875. The van der Waals surface area contributed by atoms with Gasteiger partial charge in [0.2, 0.25) is 5.91 Å². The first-order chi connectivity index (χ1) is 11.3. The second-order valence-electron chi connectivity index (χ2n) is 6.21. The first-order valence-corrected chi connectivity index (χ1v) is 10.6. The minimum atomic E-state index is -4.54. The van der Waals surface area contributed by atoms with Crippen molar-refractivity contribution < 1.29 is 29.0 Å². The monoisotopic (exact) mass is 365 g/mol. The largest absolute Gasteiger partial charge is 0.481 e. The van der Waals surface area contributed by atoms with Gasteiger partial charge in [0, 0.05) is 6.54 Å². The summed E-state index contributed by atoms with van der Waals surface area (Å²) in [6.07, 6.45) is 10.6. The fourth-order valence-corrected chi connectivity index (χ4v) is 3.26. The standard InChI is InChI=1S/C16H32NO6P/c1-2-3-4-5-6-7-8-9-10-11-12-17-15(18)14(16(19)20)13-24(21,22)23/h14H,2-13H2,1H3,(H,17,18)(H,19,20)(H2,21,22,23). The molecule has 1 unspecified atom stereocenters. The Morgan fingerprint density at radius 1 is 0.917 bits per heavy atom. The van der Waals surface area contributed by atoms with Gasteiger partial charge in [-0.3, -0.25) is 14.2 Å². The first-order valence-electron chi connectivity index (χ1n) is 8.83. The Morgan fingerprint density at radius 3 is 1.79 bits per heavy atom. The van der Waals surface area contributed by atoms with Gasteiger partial charge in [-0.25, -0.2) is 0 Å². The molecule has 0 spiro atoms. The van der Waals surface area contributed by atoms with Crippen LogP contribution < -0.4 is 5.32 Å². The van der Waals surface area contributed by atoms with E-state index in [0.717, 1.165) is 25.7 Å². The molecule has 0 saturated carbocycles. The van der Waals surface area contributed by atoms with Crippen molar-refractivity contribution in [3.05, 3.63) is 0 Å². The highest BCUT2D eigenvalue weighted by molar-refractivity contribution is 7.51. The van der Waals surface area contributed by atoms with E-state index in [-0.39, 0.29) is 0 Å². The number of carbonyl (C=O) groups is 2. The zero-order chi connectivity index (χ0) is 18.4. The highest BCUT2D eigenvalue weighted by Gasteiger charge is 2.33. The Morgan fingerprint density at radius 2 is 1.38 bits per heavy atom. The Bertz CT molecular complexity index is 409. The van der Waals surface area contributed by atoms with Gasteiger partial charge in [-0.1, -0.05) is 64.7 Å². The summed E-state index contributed by atoms with van der Waals surface area (Å²) in [4.78, 5) is 40.2. The molecular weight excluding hydrogens is 333 g/mol. The van der Waals surface area contributed by atoms with E-state index in [1.54, 1.807) is 0 Å². The summed E-state index contributed by atoms with van der Waals surface area (Å²) in [6, 6.07) is 0. The molecule has 0 aliphatic heterocycles. The highest BCUT2D eigenvalue weighted by Crippen LogP contribution is 2.36. The van der Waals surface area contributed by atoms with Crippen LogP contribution in [0.25, 0.3) is 0 Å². The molecule has 0 rings (SSSR count). The Hall–Kier alpha value is -0.910. The van der Waals surface area contributed by atoms with Crippen molar-refractivity contribution in [3.63, 3.8) is 0 Å². The van der Waals surface area contributed by atoms with Crippen LogP contribution in [0.15, 0.2) is 0 Å². The van der Waals surface area contributed by atoms with Crippen molar-refractivity contribution in [2.75, 3.05) is 12.7 Å². The second kappa shape index (κ2) is 13.4. The van der Waals surface area contributed by atoms with Crippen LogP contribution in [0.2, 0.25) is 0 Å². The van der Waals surface area contributed by atoms with E-state index >= 15 is 0 Å². The average molecular weight is 365 g/mol. The van der Waals surface area contributed by atoms with Crippen molar-refractivity contribution in [1.82, 2.24) is 5.32 Å². The molecular formula is C16H32NO6P. The fourth-order valence-electron chi connectivity index (χ4n) is 2.46. The Kier molecular flexibility index (Phi) is 12.9. The first kappa shape index (κ1) is 23.1. The number of hydrogen-bond acceptors (Lipinski definition) is 3. The molecule has 0 bridgehead atoms. The molecule has 0 aromatic heterocycles. The number of rotatable bonds is 15. The predicted molar refractivity (Wildman–Crippen MR) is 92.9 cm³/mol. The molecule has 0 fully saturated rings. The molecule has 7 nitrogen and oxygen atoms in total. The molecule has 0 aliphatic rings. The number of nitrogens with one attached hydrogen (secondary N) is 1. The zero-order valence-electron chi connectivity index (χ0n) is 14.6. The van der Waals surface area contributed by atoms with Crippen LogP contribution in [-0.2, 0) is 14.2 Å². The number of hydrogen-bond donors (Lipinski definition) is 4. The maximum atomic E-state index is 11.7. The summed E-state index contributed by atoms with van der Waals surface area (Å²) in [5.74, 6) is -4.05. The van der Waals surface area contributed by atoms with Crippen molar-refractivity contribution in [2.45, 2.75) is 71.1 Å². The maximum Gasteiger partial charge on any atom is 0.326 e. The van der Waals surface area contributed by atoms with E-state index in [2.05, 4.69) is 12.2 Å². The number of carbonyl (C=O) groups excluding carboxylic acids is 1. The smallest absolute Gasteiger partial charge is 0.326 e. The van der Waals surface area contributed by atoms with E-state index in [4.69, 9.17) is 14.9 Å². The molecule has 1 amide bonds. The number of carboxylic acids is 1. The SMILES string of the molecule is CCCCCCCCCCCCNC(=O)C(CP(=O)(O)O)C(=O)O. The maximum absolute atomic E-state index is 11.7. The van der Waals surface area contributed by atoms with Gasteiger partial charge < -0.3 is 20.2 Å². The van der Waals surface area contributed by atoms with Gasteiger partial charge in [-0.15, -0.1) is 0 Å². The van der Waals surface area contributed by atoms with Gasteiger partial charge in [-0.05, 0) is 6.42 Å². The van der Waals surface area contributed by atoms with Crippen molar-refractivity contribution in [3.8, 4) is 0 Å². The van der Waals surface area contributed by atoms with Crippen LogP contribution in [0.4, 0.5) is 0 Å². The van der Waals surface area contributed by atoms with Crippen molar-refractivity contribution in [1.29, 1.82) is 0 Å². The Labute approximate surface area is 144 Å². The molecule has 0 aliphatic carbocycles. The zero-order valence-corrected chi connectivity index (χ0v) is 15.5. The second-order valence-corrected chi connectivity index (χ2v) is 7.91. The summed E-state index contributed by atoms with van der Waals surface area (Å²) in [5, 5.41) is 11.3. The van der Waals surface area contributed by atoms with Crippen molar-refractivity contribution in [2.24, 2.45) is 5.92 Å². The topological polar surface area (TPSA) is 124 Å². The third kappa shape index (κ3) is 13.5. The van der Waals surface area contributed by atoms with Gasteiger partial charge in [0.05, 0.1) is 6.16 Å². The summed E-state index contributed by atoms with van der Waals surface area (Å²) < 4.78 is 10.9. The molecule has 8 heteroatoms. The highest BCUT2D eigenvalue weighted by atomic mass is 31.2. The minimum Gasteiger partial charge on any atom is -0.481 e. The third-order valence-electron chi connectivity index (χ3n) is 3.86. The van der Waals surface area contributed by atoms with Crippen molar-refractivity contribution >= 4 is 19.5 Å². The summed E-state index contributed by atoms with van der Waals surface area (Å²) in [6.45, 7) is 2.53. The average Bonchev–Trinajstić information content (AvgIpc) is 2.49. The lowest BCUT2D eigenvalue weighted by Gasteiger charge is -2.13. The lowest BCUT2D eigenvalue weighted by molar-refractivity contribution is -0.146. The van der Waals surface area contributed by atoms with Gasteiger partial charge >= 0.3 is 13.6 Å². The molecule has 0 saturated heterocycles. The van der Waals surface area contributed by atoms with E-state index in [1.165, 1.54) is 38.5 Å². The Balaban J connectivity index is 3.70.